The number of rotatable bonds is 11. The van der Waals surface area contributed by atoms with Crippen LogP contribution in [0.15, 0.2) is 29.2 Å². The number of nitrogens with zero attached hydrogens (tertiary/aromatic N) is 3. The topological polar surface area (TPSA) is 158 Å². The molecule has 4 rings (SSSR count). The molecule has 43 heavy (non-hydrogen) atoms. The summed E-state index contributed by atoms with van der Waals surface area (Å²) in [4.78, 5) is 44.4. The predicted octanol–water partition coefficient (Wildman–Crippen LogP) is 2.03. The Hall–Kier alpha value is -3.62. The van der Waals surface area contributed by atoms with E-state index < -0.39 is 46.2 Å². The number of carboxylic acid groups (broad SMARTS) is 1. The maximum absolute atomic E-state index is 15.4. The Balaban J connectivity index is 1.34. The number of fused-ring (bicyclic) bond motifs is 1. The highest BCUT2D eigenvalue weighted by molar-refractivity contribution is 7.89. The first-order chi connectivity index (χ1) is 20.2. The maximum Gasteiger partial charge on any atom is 0.413 e. The Morgan fingerprint density at radius 2 is 1.84 bits per heavy atom. The van der Waals surface area contributed by atoms with E-state index in [0.717, 1.165) is 24.0 Å². The van der Waals surface area contributed by atoms with Gasteiger partial charge in [-0.1, -0.05) is 23.8 Å². The number of ether oxygens (including phenoxy) is 1. The highest BCUT2D eigenvalue weighted by Gasteiger charge is 2.50. The number of benzene rings is 1. The molecule has 0 saturated carbocycles. The van der Waals surface area contributed by atoms with Gasteiger partial charge in [0.2, 0.25) is 15.7 Å². The molecule has 1 atom stereocenters. The predicted molar refractivity (Wildman–Crippen MR) is 156 cm³/mol. The Morgan fingerprint density at radius 1 is 1.16 bits per heavy atom. The van der Waals surface area contributed by atoms with Gasteiger partial charge in [0.1, 0.15) is 11.9 Å². The first kappa shape index (κ1) is 32.3. The summed E-state index contributed by atoms with van der Waals surface area (Å²) in [5, 5.41) is 11.8. The molecule has 1 fully saturated rings. The number of hydrogen-bond donors (Lipinski definition) is 3. The number of nitrogens with one attached hydrogen (secondary N) is 2. The molecule has 0 radical (unpaired) electrons. The van der Waals surface area contributed by atoms with Crippen LogP contribution in [-0.4, -0.2) is 92.4 Å². The van der Waals surface area contributed by atoms with E-state index in [1.54, 1.807) is 37.8 Å². The van der Waals surface area contributed by atoms with Gasteiger partial charge in [-0.05, 0) is 63.3 Å². The molecule has 2 aromatic rings. The van der Waals surface area contributed by atoms with Gasteiger partial charge < -0.3 is 15.2 Å². The second kappa shape index (κ2) is 12.9. The van der Waals surface area contributed by atoms with Crippen molar-refractivity contribution in [3.05, 3.63) is 52.2 Å². The number of amides is 2. The first-order valence-electron chi connectivity index (χ1n) is 14.2. The Bertz CT molecular complexity index is 1490. The van der Waals surface area contributed by atoms with Crippen molar-refractivity contribution in [2.75, 3.05) is 44.2 Å². The fourth-order valence-corrected chi connectivity index (χ4v) is 7.28. The normalized spacial score (nSPS) is 17.0. The second-order valence-electron chi connectivity index (χ2n) is 11.1. The van der Waals surface area contributed by atoms with Crippen LogP contribution in [0.5, 0.6) is 0 Å². The summed E-state index contributed by atoms with van der Waals surface area (Å²) in [6, 6.07) is 5.66. The summed E-state index contributed by atoms with van der Waals surface area (Å²) in [5.41, 5.74) is 1.20. The minimum Gasteiger partial charge on any atom is -0.465 e. The van der Waals surface area contributed by atoms with Gasteiger partial charge in [-0.15, -0.1) is 0 Å². The van der Waals surface area contributed by atoms with E-state index in [4.69, 9.17) is 4.74 Å². The fraction of sp³-hybridized carbons (Fsp3) is 0.517. The average Bonchev–Trinajstić information content (AvgIpc) is 2.91. The zero-order valence-corrected chi connectivity index (χ0v) is 25.6. The van der Waals surface area contributed by atoms with E-state index in [0.29, 0.717) is 42.1 Å². The van der Waals surface area contributed by atoms with E-state index in [-0.39, 0.29) is 24.6 Å². The van der Waals surface area contributed by atoms with Gasteiger partial charge in [-0.25, -0.2) is 22.6 Å². The number of hydrogen-bond acceptors (Lipinski definition) is 8. The summed E-state index contributed by atoms with van der Waals surface area (Å²) in [5.74, 6) is -1.42. The Kier molecular flexibility index (Phi) is 9.72. The summed E-state index contributed by atoms with van der Waals surface area (Å²) in [7, 11) is -4.18. The number of anilines is 1. The number of halogens is 1. The minimum absolute atomic E-state index is 0.0109. The summed E-state index contributed by atoms with van der Waals surface area (Å²) >= 11 is 0. The average molecular weight is 620 g/mol. The largest absolute Gasteiger partial charge is 0.465 e. The van der Waals surface area contributed by atoms with E-state index in [2.05, 4.69) is 15.0 Å². The monoisotopic (exact) mass is 619 g/mol. The van der Waals surface area contributed by atoms with E-state index in [1.807, 2.05) is 19.1 Å². The highest BCUT2D eigenvalue weighted by Crippen LogP contribution is 2.28. The van der Waals surface area contributed by atoms with Gasteiger partial charge in [0.05, 0.1) is 11.5 Å². The van der Waals surface area contributed by atoms with Crippen LogP contribution in [0.25, 0.3) is 0 Å². The minimum atomic E-state index is -4.18. The molecule has 1 aromatic heterocycles. The van der Waals surface area contributed by atoms with Crippen LogP contribution >= 0.6 is 0 Å². The lowest BCUT2D eigenvalue weighted by molar-refractivity contribution is -0.147. The molecule has 14 heteroatoms. The third-order valence-electron chi connectivity index (χ3n) is 7.58. The summed E-state index contributed by atoms with van der Waals surface area (Å²) in [6.45, 7) is 6.60. The molecule has 0 aliphatic carbocycles. The number of pyridine rings is 1. The molecular formula is C29H38FN5O7S. The van der Waals surface area contributed by atoms with Crippen molar-refractivity contribution in [2.45, 2.75) is 63.6 Å². The lowest BCUT2D eigenvalue weighted by atomic mass is 9.94. The van der Waals surface area contributed by atoms with E-state index >= 15 is 4.39 Å². The standard InChI is InChI=1S/C29H38FN5O7S/c1-5-42-26(36)23(33-43(40,41)24-19(3)13-18(2)14-20(24)4)15-31-27(37)29(30)16-34(17-29)12-10-22-9-8-21-7-6-11-35(28(38)39)25(21)32-22/h8-9,13-14,23,33H,5-7,10-12,15-17H2,1-4H3,(H,31,37)(H,38,39). The number of aromatic nitrogens is 1. The third kappa shape index (κ3) is 7.31. The van der Waals surface area contributed by atoms with Gasteiger partial charge in [-0.3, -0.25) is 19.4 Å². The lowest BCUT2D eigenvalue weighted by Crippen LogP contribution is -2.67. The van der Waals surface area contributed by atoms with Crippen molar-refractivity contribution in [3.8, 4) is 0 Å². The highest BCUT2D eigenvalue weighted by atomic mass is 32.2. The van der Waals surface area contributed by atoms with E-state index in [1.165, 1.54) is 4.90 Å². The summed E-state index contributed by atoms with van der Waals surface area (Å²) < 4.78 is 49.2. The van der Waals surface area contributed by atoms with E-state index in [9.17, 15) is 27.9 Å². The Labute approximate surface area is 250 Å². The number of esters is 1. The molecule has 3 N–H and O–H groups in total. The fourth-order valence-electron chi connectivity index (χ4n) is 5.65. The van der Waals surface area contributed by atoms with Gasteiger partial charge in [0, 0.05) is 44.8 Å². The number of aryl methyl sites for hydroxylation is 4. The quantitative estimate of drug-likeness (QED) is 0.320. The molecule has 2 aliphatic heterocycles. The molecule has 2 amide bonds. The van der Waals surface area contributed by atoms with Gasteiger partial charge in [0.25, 0.3) is 5.91 Å². The SMILES string of the molecule is CCOC(=O)C(CNC(=O)C1(F)CN(CCc2ccc3c(n2)N(C(=O)O)CCC3)C1)NS(=O)(=O)c1c(C)cc(C)cc1C. The van der Waals surface area contributed by atoms with Crippen molar-refractivity contribution >= 4 is 33.8 Å². The van der Waals surface area contributed by atoms with Crippen molar-refractivity contribution in [1.29, 1.82) is 0 Å². The van der Waals surface area contributed by atoms with Crippen LogP contribution < -0.4 is 14.9 Å². The molecular weight excluding hydrogens is 581 g/mol. The molecule has 3 heterocycles. The Morgan fingerprint density at radius 3 is 2.47 bits per heavy atom. The van der Waals surface area contributed by atoms with Gasteiger partial charge >= 0.3 is 12.1 Å². The first-order valence-corrected chi connectivity index (χ1v) is 15.7. The third-order valence-corrected chi connectivity index (χ3v) is 9.35. The van der Waals surface area contributed by atoms with Crippen LogP contribution in [0.3, 0.4) is 0 Å². The molecule has 0 spiro atoms. The number of carbonyl (C=O) groups is 3. The lowest BCUT2D eigenvalue weighted by Gasteiger charge is -2.43. The number of carbonyl (C=O) groups excluding carboxylic acids is 2. The van der Waals surface area contributed by atoms with Crippen molar-refractivity contribution in [1.82, 2.24) is 19.9 Å². The number of sulfonamides is 1. The zero-order valence-electron chi connectivity index (χ0n) is 24.8. The van der Waals surface area contributed by atoms with Crippen LogP contribution in [0.4, 0.5) is 15.0 Å². The van der Waals surface area contributed by atoms with Crippen LogP contribution in [0, 0.1) is 20.8 Å². The zero-order chi connectivity index (χ0) is 31.5. The molecule has 12 nitrogen and oxygen atoms in total. The molecule has 1 aromatic carbocycles. The smallest absolute Gasteiger partial charge is 0.413 e. The molecule has 0 bridgehead atoms. The number of alkyl halides is 1. The van der Waals surface area contributed by atoms with Crippen LogP contribution in [-0.2, 0) is 37.2 Å². The van der Waals surface area contributed by atoms with Gasteiger partial charge in [-0.2, -0.15) is 4.72 Å². The molecule has 1 unspecified atom stereocenters. The van der Waals surface area contributed by atoms with Crippen LogP contribution in [0.2, 0.25) is 0 Å². The van der Waals surface area contributed by atoms with Crippen molar-refractivity contribution < 1.29 is 37.0 Å². The molecule has 234 valence electrons. The van der Waals surface area contributed by atoms with Crippen molar-refractivity contribution in [3.63, 3.8) is 0 Å². The summed E-state index contributed by atoms with van der Waals surface area (Å²) in [6.07, 6.45) is 0.859. The van der Waals surface area contributed by atoms with Gasteiger partial charge in [0.15, 0.2) is 0 Å². The van der Waals surface area contributed by atoms with Crippen LogP contribution in [0.1, 0.15) is 41.3 Å². The molecule has 1 saturated heterocycles. The van der Waals surface area contributed by atoms with Crippen molar-refractivity contribution in [2.24, 2.45) is 0 Å². The second-order valence-corrected chi connectivity index (χ2v) is 12.8. The molecule has 2 aliphatic rings. The maximum atomic E-state index is 15.4. The number of likely N-dealkylation sites (tertiary alicyclic amines) is 1.